The van der Waals surface area contributed by atoms with Gasteiger partial charge in [0.25, 0.3) is 5.69 Å². The molecule has 0 unspecified atom stereocenters. The highest BCUT2D eigenvalue weighted by atomic mass is 35.5. The van der Waals surface area contributed by atoms with E-state index in [0.717, 1.165) is 38.0 Å². The SMILES string of the molecule is N#Cc1ccc(CC2CCN(c3ccc([N+](=O)[O-])cc3Cl)CC2)cc1. The van der Waals surface area contributed by atoms with E-state index in [4.69, 9.17) is 16.9 Å². The summed E-state index contributed by atoms with van der Waals surface area (Å²) in [6.07, 6.45) is 3.11. The molecule has 1 heterocycles. The summed E-state index contributed by atoms with van der Waals surface area (Å²) < 4.78 is 0. The Morgan fingerprint density at radius 3 is 2.44 bits per heavy atom. The van der Waals surface area contributed by atoms with Gasteiger partial charge < -0.3 is 4.90 Å². The van der Waals surface area contributed by atoms with Gasteiger partial charge in [-0.1, -0.05) is 23.7 Å². The molecule has 0 atom stereocenters. The number of nitro benzene ring substituents is 1. The quantitative estimate of drug-likeness (QED) is 0.594. The van der Waals surface area contributed by atoms with Gasteiger partial charge in [-0.3, -0.25) is 10.1 Å². The van der Waals surface area contributed by atoms with Crippen molar-refractivity contribution in [1.82, 2.24) is 0 Å². The van der Waals surface area contributed by atoms with E-state index in [2.05, 4.69) is 11.0 Å². The van der Waals surface area contributed by atoms with E-state index in [1.807, 2.05) is 24.3 Å². The summed E-state index contributed by atoms with van der Waals surface area (Å²) in [5.74, 6) is 0.598. The van der Waals surface area contributed by atoms with E-state index in [9.17, 15) is 10.1 Å². The molecule has 3 rings (SSSR count). The van der Waals surface area contributed by atoms with Crippen LogP contribution in [0.1, 0.15) is 24.0 Å². The van der Waals surface area contributed by atoms with Gasteiger partial charge in [0, 0.05) is 25.2 Å². The summed E-state index contributed by atoms with van der Waals surface area (Å²) in [7, 11) is 0. The molecule has 5 nitrogen and oxygen atoms in total. The summed E-state index contributed by atoms with van der Waals surface area (Å²) >= 11 is 6.23. The molecule has 128 valence electrons. The largest absolute Gasteiger partial charge is 0.370 e. The maximum atomic E-state index is 10.8. The number of rotatable bonds is 4. The van der Waals surface area contributed by atoms with Crippen molar-refractivity contribution in [3.05, 3.63) is 68.7 Å². The lowest BCUT2D eigenvalue weighted by atomic mass is 9.89. The lowest BCUT2D eigenvalue weighted by Crippen LogP contribution is -2.34. The first kappa shape index (κ1) is 17.2. The second kappa shape index (κ2) is 7.54. The summed E-state index contributed by atoms with van der Waals surface area (Å²) in [5, 5.41) is 20.1. The Kier molecular flexibility index (Phi) is 5.20. The summed E-state index contributed by atoms with van der Waals surface area (Å²) in [6.45, 7) is 1.77. The van der Waals surface area contributed by atoms with Crippen LogP contribution >= 0.6 is 11.6 Å². The molecule has 0 spiro atoms. The molecular weight excluding hydrogens is 338 g/mol. The van der Waals surface area contributed by atoms with E-state index >= 15 is 0 Å². The van der Waals surface area contributed by atoms with Gasteiger partial charge in [-0.2, -0.15) is 5.26 Å². The van der Waals surface area contributed by atoms with Crippen LogP contribution in [0.2, 0.25) is 5.02 Å². The van der Waals surface area contributed by atoms with E-state index in [1.54, 1.807) is 6.07 Å². The minimum absolute atomic E-state index is 0.0180. The highest BCUT2D eigenvalue weighted by molar-refractivity contribution is 6.33. The van der Waals surface area contributed by atoms with Crippen LogP contribution in [0.15, 0.2) is 42.5 Å². The highest BCUT2D eigenvalue weighted by Crippen LogP contribution is 2.33. The lowest BCUT2D eigenvalue weighted by molar-refractivity contribution is -0.384. The normalized spacial score (nSPS) is 15.0. The molecule has 1 fully saturated rings. The Labute approximate surface area is 151 Å². The third-order valence-corrected chi connectivity index (χ3v) is 5.01. The zero-order chi connectivity index (χ0) is 17.8. The average Bonchev–Trinajstić information content (AvgIpc) is 2.63. The average molecular weight is 356 g/mol. The molecule has 0 saturated carbocycles. The molecule has 2 aromatic rings. The van der Waals surface area contributed by atoms with E-state index in [1.165, 1.54) is 17.7 Å². The monoisotopic (exact) mass is 355 g/mol. The molecule has 6 heteroatoms. The van der Waals surface area contributed by atoms with Gasteiger partial charge >= 0.3 is 0 Å². The Bertz CT molecular complexity index is 806. The van der Waals surface area contributed by atoms with Crippen molar-refractivity contribution in [3.8, 4) is 6.07 Å². The summed E-state index contributed by atoms with van der Waals surface area (Å²) in [6, 6.07) is 14.6. The molecule has 1 aliphatic rings. The molecule has 0 bridgehead atoms. The van der Waals surface area contributed by atoms with Crippen LogP contribution in [-0.2, 0) is 6.42 Å². The second-order valence-electron chi connectivity index (χ2n) is 6.34. The molecule has 25 heavy (non-hydrogen) atoms. The van der Waals surface area contributed by atoms with Crippen molar-refractivity contribution in [2.45, 2.75) is 19.3 Å². The van der Waals surface area contributed by atoms with E-state index in [0.29, 0.717) is 16.5 Å². The van der Waals surface area contributed by atoms with Crippen LogP contribution in [-0.4, -0.2) is 18.0 Å². The minimum atomic E-state index is -0.431. The fourth-order valence-electron chi connectivity index (χ4n) is 3.29. The highest BCUT2D eigenvalue weighted by Gasteiger charge is 2.22. The topological polar surface area (TPSA) is 70.2 Å². The van der Waals surface area contributed by atoms with Crippen molar-refractivity contribution in [2.24, 2.45) is 5.92 Å². The number of nitrogens with zero attached hydrogens (tertiary/aromatic N) is 3. The first-order valence-electron chi connectivity index (χ1n) is 8.25. The Morgan fingerprint density at radius 2 is 1.88 bits per heavy atom. The van der Waals surface area contributed by atoms with Gasteiger partial charge in [0.05, 0.1) is 27.3 Å². The van der Waals surface area contributed by atoms with E-state index < -0.39 is 4.92 Å². The van der Waals surface area contributed by atoms with Gasteiger partial charge in [0.15, 0.2) is 0 Å². The molecule has 0 aliphatic carbocycles. The van der Waals surface area contributed by atoms with Gasteiger partial charge in [-0.05, 0) is 48.9 Å². The summed E-state index contributed by atoms with van der Waals surface area (Å²) in [5.41, 5.74) is 2.82. The van der Waals surface area contributed by atoms with Crippen LogP contribution in [0, 0.1) is 27.4 Å². The number of anilines is 1. The van der Waals surface area contributed by atoms with Crippen LogP contribution in [0.5, 0.6) is 0 Å². The van der Waals surface area contributed by atoms with Crippen molar-refractivity contribution < 1.29 is 4.92 Å². The maximum Gasteiger partial charge on any atom is 0.271 e. The van der Waals surface area contributed by atoms with Crippen LogP contribution < -0.4 is 4.90 Å². The number of hydrogen-bond acceptors (Lipinski definition) is 4. The number of nitro groups is 1. The van der Waals surface area contributed by atoms with Crippen molar-refractivity contribution in [2.75, 3.05) is 18.0 Å². The predicted molar refractivity (Wildman–Crippen MR) is 97.9 cm³/mol. The summed E-state index contributed by atoms with van der Waals surface area (Å²) in [4.78, 5) is 12.6. The zero-order valence-electron chi connectivity index (χ0n) is 13.7. The standard InChI is InChI=1S/C19H18ClN3O2/c20-18-12-17(23(24)25)5-6-19(18)22-9-7-15(8-10-22)11-14-1-3-16(13-21)4-2-14/h1-6,12,15H,7-11H2. The van der Waals surface area contributed by atoms with Gasteiger partial charge in [0.1, 0.15) is 0 Å². The van der Waals surface area contributed by atoms with Crippen LogP contribution in [0.4, 0.5) is 11.4 Å². The first-order chi connectivity index (χ1) is 12.1. The third kappa shape index (κ3) is 4.09. The lowest BCUT2D eigenvalue weighted by Gasteiger charge is -2.34. The molecule has 0 aromatic heterocycles. The number of benzene rings is 2. The molecule has 0 N–H and O–H groups in total. The molecule has 0 amide bonds. The van der Waals surface area contributed by atoms with Crippen LogP contribution in [0.25, 0.3) is 0 Å². The maximum absolute atomic E-state index is 10.8. The van der Waals surface area contributed by atoms with E-state index in [-0.39, 0.29) is 5.69 Å². The fraction of sp³-hybridized carbons (Fsp3) is 0.316. The molecule has 1 aliphatic heterocycles. The minimum Gasteiger partial charge on any atom is -0.370 e. The molecule has 2 aromatic carbocycles. The number of non-ortho nitro benzene ring substituents is 1. The van der Waals surface area contributed by atoms with Crippen molar-refractivity contribution in [1.29, 1.82) is 5.26 Å². The van der Waals surface area contributed by atoms with Crippen LogP contribution in [0.3, 0.4) is 0 Å². The Morgan fingerprint density at radius 1 is 1.20 bits per heavy atom. The Hall–Kier alpha value is -2.58. The number of halogens is 1. The van der Waals surface area contributed by atoms with Crippen molar-refractivity contribution >= 4 is 23.0 Å². The second-order valence-corrected chi connectivity index (χ2v) is 6.74. The molecular formula is C19H18ClN3O2. The Balaban J connectivity index is 1.60. The smallest absolute Gasteiger partial charge is 0.271 e. The molecule has 1 saturated heterocycles. The predicted octanol–water partition coefficient (Wildman–Crippen LogP) is 4.58. The number of nitriles is 1. The third-order valence-electron chi connectivity index (χ3n) is 4.70. The van der Waals surface area contributed by atoms with Gasteiger partial charge in [-0.15, -0.1) is 0 Å². The van der Waals surface area contributed by atoms with Crippen molar-refractivity contribution in [3.63, 3.8) is 0 Å². The zero-order valence-corrected chi connectivity index (χ0v) is 14.4. The first-order valence-corrected chi connectivity index (χ1v) is 8.62. The molecule has 0 radical (unpaired) electrons. The fourth-order valence-corrected chi connectivity index (χ4v) is 3.59. The number of piperidine rings is 1. The van der Waals surface area contributed by atoms with Gasteiger partial charge in [0.2, 0.25) is 0 Å². The number of hydrogen-bond donors (Lipinski definition) is 0. The van der Waals surface area contributed by atoms with Gasteiger partial charge in [-0.25, -0.2) is 0 Å².